The molecule has 0 amide bonds. The molecule has 1 saturated carbocycles. The SMILES string of the molecule is COC(c1noc(-c2ccc(C)cc2O)n1)C1CC1. The van der Waals surface area contributed by atoms with E-state index >= 15 is 0 Å². The van der Waals surface area contributed by atoms with Gasteiger partial charge in [-0.05, 0) is 43.4 Å². The van der Waals surface area contributed by atoms with Gasteiger partial charge in [-0.1, -0.05) is 11.2 Å². The van der Waals surface area contributed by atoms with Crippen LogP contribution in [0.15, 0.2) is 22.7 Å². The average molecular weight is 260 g/mol. The van der Waals surface area contributed by atoms with Crippen LogP contribution in [-0.4, -0.2) is 22.4 Å². The third-order valence-electron chi connectivity index (χ3n) is 3.38. The highest BCUT2D eigenvalue weighted by Gasteiger charge is 2.35. The molecular formula is C14H16N2O3. The first-order valence-corrected chi connectivity index (χ1v) is 6.35. The number of phenols is 1. The molecule has 1 atom stereocenters. The van der Waals surface area contributed by atoms with E-state index < -0.39 is 0 Å². The Bertz CT molecular complexity index is 590. The molecule has 0 saturated heterocycles. The second-order valence-electron chi connectivity index (χ2n) is 4.97. The van der Waals surface area contributed by atoms with Crippen molar-refractivity contribution in [3.63, 3.8) is 0 Å². The van der Waals surface area contributed by atoms with E-state index in [1.54, 1.807) is 19.2 Å². The summed E-state index contributed by atoms with van der Waals surface area (Å²) >= 11 is 0. The average Bonchev–Trinajstić information content (AvgIpc) is 3.09. The van der Waals surface area contributed by atoms with Crippen LogP contribution in [0.4, 0.5) is 0 Å². The molecule has 2 aromatic rings. The van der Waals surface area contributed by atoms with Gasteiger partial charge < -0.3 is 14.4 Å². The first-order chi connectivity index (χ1) is 9.19. The lowest BCUT2D eigenvalue weighted by Crippen LogP contribution is -2.05. The van der Waals surface area contributed by atoms with E-state index in [9.17, 15) is 5.11 Å². The highest BCUT2D eigenvalue weighted by Crippen LogP contribution is 2.42. The van der Waals surface area contributed by atoms with Gasteiger partial charge in [0.05, 0.1) is 5.56 Å². The Morgan fingerprint density at radius 3 is 2.84 bits per heavy atom. The maximum Gasteiger partial charge on any atom is 0.261 e. The van der Waals surface area contributed by atoms with Crippen molar-refractivity contribution in [1.29, 1.82) is 0 Å². The number of aromatic hydroxyl groups is 1. The zero-order valence-electron chi connectivity index (χ0n) is 11.0. The highest BCUT2D eigenvalue weighted by atomic mass is 16.5. The van der Waals surface area contributed by atoms with E-state index in [-0.39, 0.29) is 11.9 Å². The summed E-state index contributed by atoms with van der Waals surface area (Å²) in [6, 6.07) is 5.35. The van der Waals surface area contributed by atoms with E-state index in [1.165, 1.54) is 0 Å². The molecule has 100 valence electrons. The van der Waals surface area contributed by atoms with Crippen LogP contribution < -0.4 is 0 Å². The smallest absolute Gasteiger partial charge is 0.261 e. The summed E-state index contributed by atoms with van der Waals surface area (Å²) in [7, 11) is 1.66. The van der Waals surface area contributed by atoms with E-state index in [0.29, 0.717) is 23.2 Å². The fourth-order valence-electron chi connectivity index (χ4n) is 2.19. The standard InChI is InChI=1S/C14H16N2O3/c1-8-3-6-10(11(17)7-8)14-15-13(16-19-14)12(18-2)9-4-5-9/h3,6-7,9,12,17H,4-5H2,1-2H3. The van der Waals surface area contributed by atoms with Gasteiger partial charge in [-0.25, -0.2) is 0 Å². The van der Waals surface area contributed by atoms with Gasteiger partial charge in [-0.3, -0.25) is 0 Å². The maximum atomic E-state index is 9.91. The van der Waals surface area contributed by atoms with Crippen molar-refractivity contribution in [3.05, 3.63) is 29.6 Å². The summed E-state index contributed by atoms with van der Waals surface area (Å²) in [5, 5.41) is 13.9. The van der Waals surface area contributed by atoms with Crippen LogP contribution in [0.5, 0.6) is 5.75 Å². The number of benzene rings is 1. The number of phenolic OH excluding ortho intramolecular Hbond substituents is 1. The minimum Gasteiger partial charge on any atom is -0.507 e. The molecular weight excluding hydrogens is 244 g/mol. The molecule has 1 fully saturated rings. The molecule has 0 bridgehead atoms. The molecule has 0 spiro atoms. The van der Waals surface area contributed by atoms with Crippen molar-refractivity contribution in [2.45, 2.75) is 25.9 Å². The lowest BCUT2D eigenvalue weighted by Gasteiger charge is -2.08. The van der Waals surface area contributed by atoms with E-state index in [4.69, 9.17) is 9.26 Å². The van der Waals surface area contributed by atoms with Gasteiger partial charge in [0.25, 0.3) is 5.89 Å². The van der Waals surface area contributed by atoms with E-state index in [0.717, 1.165) is 18.4 Å². The predicted molar refractivity (Wildman–Crippen MR) is 68.6 cm³/mol. The quantitative estimate of drug-likeness (QED) is 0.915. The van der Waals surface area contributed by atoms with Gasteiger partial charge in [0.15, 0.2) is 0 Å². The molecule has 5 nitrogen and oxygen atoms in total. The zero-order valence-corrected chi connectivity index (χ0v) is 11.0. The van der Waals surface area contributed by atoms with Crippen molar-refractivity contribution >= 4 is 0 Å². The van der Waals surface area contributed by atoms with Gasteiger partial charge >= 0.3 is 0 Å². The minimum absolute atomic E-state index is 0.106. The molecule has 3 rings (SSSR count). The Balaban J connectivity index is 1.91. The molecule has 0 radical (unpaired) electrons. The van der Waals surface area contributed by atoms with Gasteiger partial charge in [-0.2, -0.15) is 4.98 Å². The minimum atomic E-state index is -0.106. The number of aromatic nitrogens is 2. The Kier molecular flexibility index (Phi) is 2.98. The predicted octanol–water partition coefficient (Wildman–Crippen LogP) is 2.85. The highest BCUT2D eigenvalue weighted by molar-refractivity contribution is 5.62. The molecule has 0 aliphatic heterocycles. The van der Waals surface area contributed by atoms with Crippen LogP contribution in [0.1, 0.15) is 30.3 Å². The number of aryl methyl sites for hydroxylation is 1. The Labute approximate surface area is 111 Å². The van der Waals surface area contributed by atoms with Crippen molar-refractivity contribution in [3.8, 4) is 17.2 Å². The van der Waals surface area contributed by atoms with Gasteiger partial charge in [0.2, 0.25) is 5.82 Å². The van der Waals surface area contributed by atoms with Crippen molar-refractivity contribution < 1.29 is 14.4 Å². The van der Waals surface area contributed by atoms with Gasteiger partial charge in [0, 0.05) is 7.11 Å². The number of nitrogens with zero attached hydrogens (tertiary/aromatic N) is 2. The summed E-state index contributed by atoms with van der Waals surface area (Å²) in [5.74, 6) is 1.52. The van der Waals surface area contributed by atoms with Crippen molar-refractivity contribution in [1.82, 2.24) is 10.1 Å². The molecule has 1 aromatic carbocycles. The van der Waals surface area contributed by atoms with Gasteiger partial charge in [0.1, 0.15) is 11.9 Å². The van der Waals surface area contributed by atoms with Crippen LogP contribution in [0.2, 0.25) is 0 Å². The van der Waals surface area contributed by atoms with Crippen molar-refractivity contribution in [2.75, 3.05) is 7.11 Å². The molecule has 1 aliphatic rings. The molecule has 1 heterocycles. The van der Waals surface area contributed by atoms with Gasteiger partial charge in [-0.15, -0.1) is 0 Å². The maximum absolute atomic E-state index is 9.91. The summed E-state index contributed by atoms with van der Waals surface area (Å²) in [6.45, 7) is 1.91. The van der Waals surface area contributed by atoms with Crippen LogP contribution in [-0.2, 0) is 4.74 Å². The monoisotopic (exact) mass is 260 g/mol. The fraction of sp³-hybridized carbons (Fsp3) is 0.429. The molecule has 19 heavy (non-hydrogen) atoms. The van der Waals surface area contributed by atoms with E-state index in [1.807, 2.05) is 13.0 Å². The summed E-state index contributed by atoms with van der Waals surface area (Å²) in [5.41, 5.74) is 1.53. The lowest BCUT2D eigenvalue weighted by molar-refractivity contribution is 0.0751. The first-order valence-electron chi connectivity index (χ1n) is 6.35. The normalized spacial score (nSPS) is 16.5. The molecule has 1 unspecified atom stereocenters. The third-order valence-corrected chi connectivity index (χ3v) is 3.38. The third kappa shape index (κ3) is 2.33. The van der Waals surface area contributed by atoms with Crippen LogP contribution in [0.25, 0.3) is 11.5 Å². The van der Waals surface area contributed by atoms with Crippen molar-refractivity contribution in [2.24, 2.45) is 5.92 Å². The first kappa shape index (κ1) is 12.2. The Morgan fingerprint density at radius 1 is 1.42 bits per heavy atom. The number of methoxy groups -OCH3 is 1. The molecule has 1 aliphatic carbocycles. The summed E-state index contributed by atoms with van der Waals surface area (Å²) < 4.78 is 10.6. The number of ether oxygens (including phenoxy) is 1. The topological polar surface area (TPSA) is 68.4 Å². The van der Waals surface area contributed by atoms with Crippen LogP contribution >= 0.6 is 0 Å². The fourth-order valence-corrected chi connectivity index (χ4v) is 2.19. The second-order valence-corrected chi connectivity index (χ2v) is 4.97. The lowest BCUT2D eigenvalue weighted by atomic mass is 10.1. The summed E-state index contributed by atoms with van der Waals surface area (Å²) in [4.78, 5) is 4.34. The largest absolute Gasteiger partial charge is 0.507 e. The molecule has 1 N–H and O–H groups in total. The number of hydrogen-bond donors (Lipinski definition) is 1. The molecule has 5 heteroatoms. The Hall–Kier alpha value is -1.88. The molecule has 1 aromatic heterocycles. The van der Waals surface area contributed by atoms with E-state index in [2.05, 4.69) is 10.1 Å². The number of hydrogen-bond acceptors (Lipinski definition) is 5. The zero-order chi connectivity index (χ0) is 13.4. The van der Waals surface area contributed by atoms with Crippen LogP contribution in [0, 0.1) is 12.8 Å². The van der Waals surface area contributed by atoms with Crippen LogP contribution in [0.3, 0.4) is 0 Å². The summed E-state index contributed by atoms with van der Waals surface area (Å²) in [6.07, 6.45) is 2.17. The Morgan fingerprint density at radius 2 is 2.21 bits per heavy atom. The second kappa shape index (κ2) is 4.66. The number of rotatable bonds is 4.